The van der Waals surface area contributed by atoms with Gasteiger partial charge in [0.15, 0.2) is 0 Å². The van der Waals surface area contributed by atoms with Gasteiger partial charge in [-0.1, -0.05) is 18.2 Å². The van der Waals surface area contributed by atoms with Gasteiger partial charge in [-0.3, -0.25) is 0 Å². The van der Waals surface area contributed by atoms with E-state index in [-0.39, 0.29) is 5.56 Å². The van der Waals surface area contributed by atoms with E-state index in [0.29, 0.717) is 17.1 Å². The van der Waals surface area contributed by atoms with Gasteiger partial charge in [0, 0.05) is 5.56 Å². The van der Waals surface area contributed by atoms with Gasteiger partial charge < -0.3 is 19.1 Å². The monoisotopic (exact) mass is 287 g/mol. The molecule has 0 aliphatic heterocycles. The fourth-order valence-corrected chi connectivity index (χ4v) is 1.57. The lowest BCUT2D eigenvalue weighted by molar-refractivity contribution is -0.255. The summed E-state index contributed by atoms with van der Waals surface area (Å²) in [6.45, 7) is 0. The number of furan rings is 1. The molecule has 0 bridgehead atoms. The summed E-state index contributed by atoms with van der Waals surface area (Å²) in [5, 5.41) is 14.4. The number of benzene rings is 1. The molecule has 21 heavy (non-hydrogen) atoms. The number of hydrazone groups is 1. The minimum absolute atomic E-state index is 0.0616. The molecule has 7 heteroatoms. The van der Waals surface area contributed by atoms with E-state index < -0.39 is 12.1 Å². The highest BCUT2D eigenvalue weighted by atomic mass is 16.5. The fraction of sp³-hybridized carbons (Fsp3) is 0.0714. The first-order valence-corrected chi connectivity index (χ1v) is 5.89. The van der Waals surface area contributed by atoms with E-state index in [0.717, 1.165) is 0 Å². The number of carboxylic acid groups (broad SMARTS) is 1. The van der Waals surface area contributed by atoms with Gasteiger partial charge in [0.1, 0.15) is 11.5 Å². The molecule has 1 amide bonds. The highest BCUT2D eigenvalue weighted by Gasteiger charge is 2.05. The number of hydrogen-bond acceptors (Lipinski definition) is 6. The van der Waals surface area contributed by atoms with Crippen LogP contribution in [-0.4, -0.2) is 25.4 Å². The number of amides is 1. The van der Waals surface area contributed by atoms with Gasteiger partial charge in [0.25, 0.3) is 0 Å². The summed E-state index contributed by atoms with van der Waals surface area (Å²) in [4.78, 5) is 21.6. The Hall–Kier alpha value is -3.09. The predicted molar refractivity (Wildman–Crippen MR) is 71.6 cm³/mol. The SMILES string of the molecule is COC(=O)N/N=C/c1ccc(-c2cccc(C(=O)[O-])c2)o1. The Bertz CT molecular complexity index is 690. The molecule has 7 nitrogen and oxygen atoms in total. The normalized spacial score (nSPS) is 10.5. The molecule has 0 atom stereocenters. The van der Waals surface area contributed by atoms with E-state index in [2.05, 4.69) is 15.3 Å². The molecule has 2 rings (SSSR count). The van der Waals surface area contributed by atoms with Crippen LogP contribution in [-0.2, 0) is 4.74 Å². The molecule has 0 aliphatic carbocycles. The number of carbonyl (C=O) groups is 2. The Balaban J connectivity index is 2.14. The van der Waals surface area contributed by atoms with E-state index in [1.165, 1.54) is 25.5 Å². The van der Waals surface area contributed by atoms with Gasteiger partial charge in [-0.05, 0) is 23.8 Å². The van der Waals surface area contributed by atoms with Crippen molar-refractivity contribution in [2.24, 2.45) is 5.10 Å². The third-order valence-electron chi connectivity index (χ3n) is 2.54. The Morgan fingerprint density at radius 1 is 1.33 bits per heavy atom. The number of carbonyl (C=O) groups excluding carboxylic acids is 2. The zero-order valence-electron chi connectivity index (χ0n) is 11.0. The lowest BCUT2D eigenvalue weighted by atomic mass is 10.1. The summed E-state index contributed by atoms with van der Waals surface area (Å²) in [6, 6.07) is 9.47. The van der Waals surface area contributed by atoms with Crippen molar-refractivity contribution in [1.82, 2.24) is 5.43 Å². The number of rotatable bonds is 4. The van der Waals surface area contributed by atoms with Crippen LogP contribution in [0.5, 0.6) is 0 Å². The summed E-state index contributed by atoms with van der Waals surface area (Å²) >= 11 is 0. The first kappa shape index (κ1) is 14.3. The molecule has 2 aromatic rings. The van der Waals surface area contributed by atoms with E-state index >= 15 is 0 Å². The molecule has 1 aromatic carbocycles. The van der Waals surface area contributed by atoms with Crippen LogP contribution in [0.4, 0.5) is 4.79 Å². The Morgan fingerprint density at radius 2 is 2.14 bits per heavy atom. The van der Waals surface area contributed by atoms with Gasteiger partial charge in [0.2, 0.25) is 0 Å². The molecular formula is C14H11N2O5-. The van der Waals surface area contributed by atoms with Crippen LogP contribution in [0.15, 0.2) is 45.9 Å². The van der Waals surface area contributed by atoms with E-state index in [9.17, 15) is 14.7 Å². The topological polar surface area (TPSA) is 104 Å². The molecular weight excluding hydrogens is 276 g/mol. The average molecular weight is 287 g/mol. The van der Waals surface area contributed by atoms with Crippen molar-refractivity contribution in [2.75, 3.05) is 7.11 Å². The number of aromatic carboxylic acids is 1. The van der Waals surface area contributed by atoms with E-state index in [1.54, 1.807) is 24.3 Å². The molecule has 0 unspecified atom stereocenters. The Morgan fingerprint density at radius 3 is 2.86 bits per heavy atom. The van der Waals surface area contributed by atoms with Crippen molar-refractivity contribution < 1.29 is 23.8 Å². The van der Waals surface area contributed by atoms with Gasteiger partial charge >= 0.3 is 6.09 Å². The highest BCUT2D eigenvalue weighted by Crippen LogP contribution is 2.22. The second kappa shape index (κ2) is 6.38. The molecule has 0 spiro atoms. The number of ether oxygens (including phenoxy) is 1. The lowest BCUT2D eigenvalue weighted by Gasteiger charge is -2.03. The van der Waals surface area contributed by atoms with Crippen LogP contribution in [0.25, 0.3) is 11.3 Å². The maximum absolute atomic E-state index is 10.8. The Kier molecular flexibility index (Phi) is 4.35. The minimum Gasteiger partial charge on any atom is -0.545 e. The summed E-state index contributed by atoms with van der Waals surface area (Å²) < 4.78 is 9.81. The largest absolute Gasteiger partial charge is 0.545 e. The number of carboxylic acids is 1. The maximum Gasteiger partial charge on any atom is 0.427 e. The second-order valence-corrected chi connectivity index (χ2v) is 3.93. The molecule has 0 saturated carbocycles. The highest BCUT2D eigenvalue weighted by molar-refractivity contribution is 5.87. The molecule has 0 radical (unpaired) electrons. The molecule has 1 heterocycles. The van der Waals surface area contributed by atoms with Gasteiger partial charge in [-0.2, -0.15) is 5.10 Å². The quantitative estimate of drug-likeness (QED) is 0.667. The van der Waals surface area contributed by atoms with Gasteiger partial charge in [0.05, 0.1) is 19.3 Å². The van der Waals surface area contributed by atoms with Crippen LogP contribution in [0.1, 0.15) is 16.1 Å². The zero-order valence-corrected chi connectivity index (χ0v) is 11.0. The van der Waals surface area contributed by atoms with Gasteiger partial charge in [-0.15, -0.1) is 0 Å². The molecule has 0 fully saturated rings. The average Bonchev–Trinajstić information content (AvgIpc) is 2.96. The molecule has 0 saturated heterocycles. The number of nitrogens with zero attached hydrogens (tertiary/aromatic N) is 1. The van der Waals surface area contributed by atoms with Crippen molar-refractivity contribution in [2.45, 2.75) is 0 Å². The van der Waals surface area contributed by atoms with E-state index in [4.69, 9.17) is 4.42 Å². The Labute approximate surface area is 119 Å². The van der Waals surface area contributed by atoms with Crippen LogP contribution >= 0.6 is 0 Å². The smallest absolute Gasteiger partial charge is 0.427 e. The molecule has 1 N–H and O–H groups in total. The third-order valence-corrected chi connectivity index (χ3v) is 2.54. The molecule has 0 aliphatic rings. The van der Waals surface area contributed by atoms with Crippen LogP contribution in [0, 0.1) is 0 Å². The van der Waals surface area contributed by atoms with Crippen molar-refractivity contribution in [3.8, 4) is 11.3 Å². The summed E-state index contributed by atoms with van der Waals surface area (Å²) in [6.07, 6.45) is 0.600. The molecule has 1 aromatic heterocycles. The van der Waals surface area contributed by atoms with Crippen LogP contribution in [0.2, 0.25) is 0 Å². The number of methoxy groups -OCH3 is 1. The van der Waals surface area contributed by atoms with Crippen molar-refractivity contribution in [1.29, 1.82) is 0 Å². The predicted octanol–water partition coefficient (Wildman–Crippen LogP) is 1.00. The zero-order chi connectivity index (χ0) is 15.2. The first-order valence-electron chi connectivity index (χ1n) is 5.89. The summed E-state index contributed by atoms with van der Waals surface area (Å²) in [5.74, 6) is -0.398. The summed E-state index contributed by atoms with van der Waals surface area (Å²) in [5.41, 5.74) is 2.77. The second-order valence-electron chi connectivity index (χ2n) is 3.93. The van der Waals surface area contributed by atoms with Crippen LogP contribution < -0.4 is 10.5 Å². The third kappa shape index (κ3) is 3.69. The maximum atomic E-state index is 10.8. The fourth-order valence-electron chi connectivity index (χ4n) is 1.57. The van der Waals surface area contributed by atoms with Gasteiger partial charge in [-0.25, -0.2) is 10.2 Å². The van der Waals surface area contributed by atoms with E-state index in [1.807, 2.05) is 0 Å². The van der Waals surface area contributed by atoms with Crippen LogP contribution in [0.3, 0.4) is 0 Å². The number of nitrogens with one attached hydrogen (secondary N) is 1. The minimum atomic E-state index is -1.26. The van der Waals surface area contributed by atoms with Crippen molar-refractivity contribution in [3.05, 3.63) is 47.7 Å². The van der Waals surface area contributed by atoms with Crippen molar-refractivity contribution >= 4 is 18.3 Å². The summed E-state index contributed by atoms with van der Waals surface area (Å²) in [7, 11) is 1.22. The first-order chi connectivity index (χ1) is 10.1. The van der Waals surface area contributed by atoms with Crippen molar-refractivity contribution in [3.63, 3.8) is 0 Å². The molecule has 108 valence electrons. The standard InChI is InChI=1S/C14H12N2O5/c1-20-14(19)16-15-8-11-5-6-12(21-11)9-3-2-4-10(7-9)13(17)18/h2-8H,1H3,(H,16,19)(H,17,18)/p-1/b15-8+. The lowest BCUT2D eigenvalue weighted by Crippen LogP contribution is -2.22. The number of hydrogen-bond donors (Lipinski definition) is 1.